The van der Waals surface area contributed by atoms with Gasteiger partial charge in [-0.1, -0.05) is 12.1 Å². The number of nitriles is 1. The van der Waals surface area contributed by atoms with E-state index in [4.69, 9.17) is 5.26 Å². The fourth-order valence-electron chi connectivity index (χ4n) is 3.08. The van der Waals surface area contributed by atoms with Gasteiger partial charge in [-0.3, -0.25) is 4.79 Å². The van der Waals surface area contributed by atoms with Crippen molar-refractivity contribution in [1.29, 1.82) is 5.26 Å². The lowest BCUT2D eigenvalue weighted by atomic mass is 10.1. The van der Waals surface area contributed by atoms with Gasteiger partial charge in [0, 0.05) is 25.7 Å². The van der Waals surface area contributed by atoms with Gasteiger partial charge in [0.05, 0.1) is 22.1 Å². The zero-order chi connectivity index (χ0) is 19.6. The van der Waals surface area contributed by atoms with Crippen molar-refractivity contribution in [2.75, 3.05) is 19.6 Å². The zero-order valence-corrected chi connectivity index (χ0v) is 15.5. The minimum absolute atomic E-state index is 0.0206. The molecule has 2 aromatic rings. The molecule has 140 valence electrons. The number of rotatable bonds is 3. The van der Waals surface area contributed by atoms with Crippen molar-refractivity contribution in [3.8, 4) is 6.07 Å². The number of carbonyl (C=O) groups is 1. The smallest absolute Gasteiger partial charge is 0.257 e. The molecule has 6 nitrogen and oxygen atoms in total. The van der Waals surface area contributed by atoms with E-state index in [1.807, 2.05) is 6.07 Å². The number of hydrogen-bond donors (Lipinski definition) is 0. The Hall–Kier alpha value is -2.76. The minimum atomic E-state index is -3.73. The third kappa shape index (κ3) is 3.70. The summed E-state index contributed by atoms with van der Waals surface area (Å²) >= 11 is 0. The van der Waals surface area contributed by atoms with Crippen LogP contribution in [0.15, 0.2) is 53.4 Å². The number of amides is 1. The fourth-order valence-corrected chi connectivity index (χ4v) is 4.60. The predicted octanol–water partition coefficient (Wildman–Crippen LogP) is 2.23. The summed E-state index contributed by atoms with van der Waals surface area (Å²) in [5.74, 6) is -1.04. The highest BCUT2D eigenvalue weighted by Gasteiger charge is 2.35. The van der Waals surface area contributed by atoms with Gasteiger partial charge in [0.25, 0.3) is 5.91 Å². The predicted molar refractivity (Wildman–Crippen MR) is 96.8 cm³/mol. The molecule has 0 saturated carbocycles. The van der Waals surface area contributed by atoms with Crippen LogP contribution in [0.3, 0.4) is 0 Å². The van der Waals surface area contributed by atoms with Crippen molar-refractivity contribution in [2.45, 2.75) is 17.9 Å². The number of halogens is 1. The molecule has 0 aromatic heterocycles. The first-order chi connectivity index (χ1) is 12.8. The first-order valence-electron chi connectivity index (χ1n) is 8.40. The molecule has 3 rings (SSSR count). The Bertz CT molecular complexity index is 1000. The molecule has 0 unspecified atom stereocenters. The summed E-state index contributed by atoms with van der Waals surface area (Å²) in [6.45, 7) is 2.14. The summed E-state index contributed by atoms with van der Waals surface area (Å²) in [6.07, 6.45) is 0. The molecule has 8 heteroatoms. The second-order valence-electron chi connectivity index (χ2n) is 6.33. The van der Waals surface area contributed by atoms with Crippen LogP contribution in [-0.2, 0) is 10.0 Å². The Morgan fingerprint density at radius 2 is 1.81 bits per heavy atom. The van der Waals surface area contributed by atoms with Gasteiger partial charge in [-0.05, 0) is 43.3 Å². The van der Waals surface area contributed by atoms with E-state index < -0.39 is 27.8 Å². The maximum absolute atomic E-state index is 13.9. The molecular formula is C19H18FN3O3S. The zero-order valence-electron chi connectivity index (χ0n) is 14.7. The van der Waals surface area contributed by atoms with E-state index in [2.05, 4.69) is 0 Å². The highest BCUT2D eigenvalue weighted by molar-refractivity contribution is 7.89. The number of carbonyl (C=O) groups excluding carboxylic acids is 1. The van der Waals surface area contributed by atoms with Crippen molar-refractivity contribution in [2.24, 2.45) is 0 Å². The van der Waals surface area contributed by atoms with Gasteiger partial charge in [-0.2, -0.15) is 9.57 Å². The van der Waals surface area contributed by atoms with Gasteiger partial charge in [0.1, 0.15) is 5.82 Å². The summed E-state index contributed by atoms with van der Waals surface area (Å²) < 4.78 is 40.8. The Balaban J connectivity index is 1.77. The number of piperazine rings is 1. The lowest BCUT2D eigenvalue weighted by Gasteiger charge is -2.39. The second-order valence-corrected chi connectivity index (χ2v) is 8.26. The van der Waals surface area contributed by atoms with Crippen molar-refractivity contribution in [1.82, 2.24) is 9.21 Å². The van der Waals surface area contributed by atoms with Crippen LogP contribution in [0.25, 0.3) is 0 Å². The molecule has 27 heavy (non-hydrogen) atoms. The Morgan fingerprint density at radius 1 is 1.15 bits per heavy atom. The average Bonchev–Trinajstić information content (AvgIpc) is 2.67. The SMILES string of the molecule is C[C@H]1CN(S(=O)(=O)c2ccc(C#N)cc2)CCN1C(=O)c1ccccc1F. The van der Waals surface area contributed by atoms with Crippen LogP contribution in [0.2, 0.25) is 0 Å². The van der Waals surface area contributed by atoms with E-state index >= 15 is 0 Å². The van der Waals surface area contributed by atoms with E-state index in [1.54, 1.807) is 13.0 Å². The van der Waals surface area contributed by atoms with Crippen LogP contribution in [0.5, 0.6) is 0 Å². The monoisotopic (exact) mass is 387 g/mol. The maximum atomic E-state index is 13.9. The number of benzene rings is 2. The molecule has 0 aliphatic carbocycles. The Morgan fingerprint density at radius 3 is 2.41 bits per heavy atom. The van der Waals surface area contributed by atoms with Crippen LogP contribution in [0, 0.1) is 17.1 Å². The van der Waals surface area contributed by atoms with E-state index in [9.17, 15) is 17.6 Å². The highest BCUT2D eigenvalue weighted by atomic mass is 32.2. The molecule has 0 bridgehead atoms. The van der Waals surface area contributed by atoms with Crippen molar-refractivity contribution in [3.05, 3.63) is 65.5 Å². The molecule has 1 heterocycles. The molecule has 1 saturated heterocycles. The molecule has 0 radical (unpaired) electrons. The van der Waals surface area contributed by atoms with Crippen LogP contribution in [-0.4, -0.2) is 49.2 Å². The van der Waals surface area contributed by atoms with Gasteiger partial charge >= 0.3 is 0 Å². The van der Waals surface area contributed by atoms with Crippen LogP contribution in [0.4, 0.5) is 4.39 Å². The third-order valence-corrected chi connectivity index (χ3v) is 6.46. The topological polar surface area (TPSA) is 81.5 Å². The van der Waals surface area contributed by atoms with Gasteiger partial charge in [-0.25, -0.2) is 12.8 Å². The van der Waals surface area contributed by atoms with Crippen molar-refractivity contribution < 1.29 is 17.6 Å². The first-order valence-corrected chi connectivity index (χ1v) is 9.84. The van der Waals surface area contributed by atoms with Gasteiger partial charge < -0.3 is 4.90 Å². The molecule has 0 spiro atoms. The average molecular weight is 387 g/mol. The third-order valence-electron chi connectivity index (χ3n) is 4.58. The molecule has 1 amide bonds. The van der Waals surface area contributed by atoms with Gasteiger partial charge in [-0.15, -0.1) is 0 Å². The Labute approximate surface area is 157 Å². The molecule has 0 N–H and O–H groups in total. The standard InChI is InChI=1S/C19H18FN3O3S/c1-14-13-22(27(25,26)16-8-6-15(12-21)7-9-16)10-11-23(14)19(24)17-4-2-3-5-18(17)20/h2-9,14H,10-11,13H2,1H3/t14-/m0/s1. The maximum Gasteiger partial charge on any atom is 0.257 e. The molecule has 1 aliphatic rings. The van der Waals surface area contributed by atoms with Crippen LogP contribution >= 0.6 is 0 Å². The van der Waals surface area contributed by atoms with Crippen molar-refractivity contribution in [3.63, 3.8) is 0 Å². The van der Waals surface area contributed by atoms with E-state index in [0.717, 1.165) is 0 Å². The molecule has 1 fully saturated rings. The largest absolute Gasteiger partial charge is 0.333 e. The van der Waals surface area contributed by atoms with E-state index in [1.165, 1.54) is 51.7 Å². The number of sulfonamides is 1. The number of hydrogen-bond acceptors (Lipinski definition) is 4. The molecule has 2 aromatic carbocycles. The summed E-state index contributed by atoms with van der Waals surface area (Å²) in [5, 5.41) is 8.84. The second kappa shape index (κ2) is 7.47. The molecular weight excluding hydrogens is 369 g/mol. The van der Waals surface area contributed by atoms with Crippen molar-refractivity contribution >= 4 is 15.9 Å². The summed E-state index contributed by atoms with van der Waals surface area (Å²) in [4.78, 5) is 14.2. The molecule has 1 aliphatic heterocycles. The molecule has 1 atom stereocenters. The van der Waals surface area contributed by atoms with E-state index in [0.29, 0.717) is 5.56 Å². The Kier molecular flexibility index (Phi) is 5.26. The first kappa shape index (κ1) is 19.0. The quantitative estimate of drug-likeness (QED) is 0.809. The van der Waals surface area contributed by atoms with Gasteiger partial charge in [0.2, 0.25) is 10.0 Å². The lowest BCUT2D eigenvalue weighted by Crippen LogP contribution is -2.55. The van der Waals surface area contributed by atoms with E-state index in [-0.39, 0.29) is 30.1 Å². The lowest BCUT2D eigenvalue weighted by molar-refractivity contribution is 0.0587. The fraction of sp³-hybridized carbons (Fsp3) is 0.263. The number of nitrogens with zero attached hydrogens (tertiary/aromatic N) is 3. The normalized spacial score (nSPS) is 18.1. The van der Waals surface area contributed by atoms with Gasteiger partial charge in [0.15, 0.2) is 0 Å². The summed E-state index contributed by atoms with van der Waals surface area (Å²) in [5.41, 5.74) is 0.357. The minimum Gasteiger partial charge on any atom is -0.333 e. The van der Waals surface area contributed by atoms with Crippen LogP contribution < -0.4 is 0 Å². The summed E-state index contributed by atoms with van der Waals surface area (Å²) in [6, 6.07) is 13.0. The van der Waals surface area contributed by atoms with Crippen LogP contribution in [0.1, 0.15) is 22.8 Å². The summed E-state index contributed by atoms with van der Waals surface area (Å²) in [7, 11) is -3.73. The highest BCUT2D eigenvalue weighted by Crippen LogP contribution is 2.22.